The van der Waals surface area contributed by atoms with Crippen LogP contribution < -0.4 is 5.32 Å². The van der Waals surface area contributed by atoms with E-state index >= 15 is 0 Å². The number of fused-ring (bicyclic) bond motifs is 1. The summed E-state index contributed by atoms with van der Waals surface area (Å²) in [7, 11) is -3.17. The Bertz CT molecular complexity index is 800. The smallest absolute Gasteiger partial charge is 0.182 e. The van der Waals surface area contributed by atoms with Crippen LogP contribution in [0.1, 0.15) is 26.3 Å². The van der Waals surface area contributed by atoms with Gasteiger partial charge in [-0.2, -0.15) is 0 Å². The van der Waals surface area contributed by atoms with Crippen LogP contribution in [0.2, 0.25) is 0 Å². The number of benzene rings is 2. The minimum absolute atomic E-state index is 0.113. The Morgan fingerprint density at radius 2 is 1.59 bits per heavy atom. The first kappa shape index (κ1) is 15.1. The van der Waals surface area contributed by atoms with Gasteiger partial charge in [-0.1, -0.05) is 51.1 Å². The van der Waals surface area contributed by atoms with Crippen LogP contribution in [-0.4, -0.2) is 20.7 Å². The van der Waals surface area contributed by atoms with Gasteiger partial charge >= 0.3 is 0 Å². The summed E-state index contributed by atoms with van der Waals surface area (Å²) in [4.78, 5) is 0.413. The Morgan fingerprint density at radius 1 is 0.955 bits per heavy atom. The second-order valence-electron chi connectivity index (χ2n) is 6.78. The maximum atomic E-state index is 12.2. The van der Waals surface area contributed by atoms with Crippen LogP contribution in [0.15, 0.2) is 47.4 Å². The van der Waals surface area contributed by atoms with E-state index in [-0.39, 0.29) is 11.2 Å². The van der Waals surface area contributed by atoms with Gasteiger partial charge in [-0.15, -0.1) is 0 Å². The van der Waals surface area contributed by atoms with Crippen molar-refractivity contribution in [2.24, 2.45) is 0 Å². The van der Waals surface area contributed by atoms with Gasteiger partial charge in [-0.25, -0.2) is 8.42 Å². The van der Waals surface area contributed by atoms with Crippen molar-refractivity contribution >= 4 is 15.5 Å². The number of sulfone groups is 1. The fraction of sp³-hybridized carbons (Fsp3) is 0.333. The molecule has 2 aromatic carbocycles. The van der Waals surface area contributed by atoms with Crippen LogP contribution in [0.3, 0.4) is 0 Å². The lowest BCUT2D eigenvalue weighted by Crippen LogP contribution is -2.23. The Morgan fingerprint density at radius 3 is 2.23 bits per heavy atom. The van der Waals surface area contributed by atoms with E-state index in [4.69, 9.17) is 0 Å². The minimum Gasteiger partial charge on any atom is -0.383 e. The van der Waals surface area contributed by atoms with Crippen LogP contribution in [-0.2, 0) is 15.3 Å². The standard InChI is InChI=1S/C18H21NO2S/c1-18(2,3)15-7-4-13(5-8-15)14-6-9-16-17(12-14)22(20,21)11-10-19-16/h4-9,12,19H,10-11H2,1-3H3. The van der Waals surface area contributed by atoms with E-state index in [1.807, 2.05) is 12.1 Å². The molecule has 116 valence electrons. The largest absolute Gasteiger partial charge is 0.383 e. The zero-order valence-electron chi connectivity index (χ0n) is 13.2. The van der Waals surface area contributed by atoms with Crippen LogP contribution in [0, 0.1) is 0 Å². The minimum atomic E-state index is -3.17. The second kappa shape index (κ2) is 5.13. The molecule has 0 unspecified atom stereocenters. The lowest BCUT2D eigenvalue weighted by molar-refractivity contribution is 0.590. The van der Waals surface area contributed by atoms with Crippen molar-refractivity contribution in [3.05, 3.63) is 48.0 Å². The lowest BCUT2D eigenvalue weighted by atomic mass is 9.86. The van der Waals surface area contributed by atoms with Gasteiger partial charge in [0.25, 0.3) is 0 Å². The second-order valence-corrected chi connectivity index (χ2v) is 8.86. The number of anilines is 1. The first-order valence-electron chi connectivity index (χ1n) is 7.49. The van der Waals surface area contributed by atoms with Crippen molar-refractivity contribution in [2.45, 2.75) is 31.1 Å². The van der Waals surface area contributed by atoms with E-state index in [9.17, 15) is 8.42 Å². The highest BCUT2D eigenvalue weighted by Gasteiger charge is 2.23. The molecule has 1 heterocycles. The molecular weight excluding hydrogens is 294 g/mol. The Labute approximate surface area is 132 Å². The summed E-state index contributed by atoms with van der Waals surface area (Å²) in [6, 6.07) is 14.0. The van der Waals surface area contributed by atoms with Crippen molar-refractivity contribution in [1.82, 2.24) is 0 Å². The molecule has 1 aliphatic rings. The highest BCUT2D eigenvalue weighted by atomic mass is 32.2. The van der Waals surface area contributed by atoms with Gasteiger partial charge in [0, 0.05) is 6.54 Å². The van der Waals surface area contributed by atoms with Crippen LogP contribution in [0.25, 0.3) is 11.1 Å². The van der Waals surface area contributed by atoms with Crippen molar-refractivity contribution < 1.29 is 8.42 Å². The Hall–Kier alpha value is -1.81. The molecule has 22 heavy (non-hydrogen) atoms. The molecular formula is C18H21NO2S. The molecule has 0 bridgehead atoms. The summed E-state index contributed by atoms with van der Waals surface area (Å²) in [6.07, 6.45) is 0. The summed E-state index contributed by atoms with van der Waals surface area (Å²) in [6.45, 7) is 7.02. The molecule has 0 spiro atoms. The van der Waals surface area contributed by atoms with Crippen LogP contribution >= 0.6 is 0 Å². The quantitative estimate of drug-likeness (QED) is 0.869. The molecule has 4 heteroatoms. The highest BCUT2D eigenvalue weighted by molar-refractivity contribution is 7.91. The molecule has 2 aromatic rings. The van der Waals surface area contributed by atoms with E-state index in [2.05, 4.69) is 50.4 Å². The topological polar surface area (TPSA) is 46.2 Å². The third kappa shape index (κ3) is 2.75. The van der Waals surface area contributed by atoms with Gasteiger partial charge in [0.2, 0.25) is 0 Å². The van der Waals surface area contributed by atoms with E-state index in [0.29, 0.717) is 17.1 Å². The SMILES string of the molecule is CC(C)(C)c1ccc(-c2ccc3c(c2)S(=O)(=O)CCN3)cc1. The molecule has 3 nitrogen and oxygen atoms in total. The molecule has 0 aliphatic carbocycles. The Balaban J connectivity index is 2.03. The third-order valence-corrected chi connectivity index (χ3v) is 5.84. The first-order chi connectivity index (χ1) is 10.3. The maximum absolute atomic E-state index is 12.2. The summed E-state index contributed by atoms with van der Waals surface area (Å²) >= 11 is 0. The molecule has 0 atom stereocenters. The van der Waals surface area contributed by atoms with Crippen LogP contribution in [0.5, 0.6) is 0 Å². The third-order valence-electron chi connectivity index (χ3n) is 4.09. The van der Waals surface area contributed by atoms with Crippen molar-refractivity contribution in [2.75, 3.05) is 17.6 Å². The summed E-state index contributed by atoms with van der Waals surface area (Å²) in [5.41, 5.74) is 4.06. The van der Waals surface area contributed by atoms with E-state index in [1.54, 1.807) is 6.07 Å². The van der Waals surface area contributed by atoms with Gasteiger partial charge in [-0.3, -0.25) is 0 Å². The predicted octanol–water partition coefficient (Wildman–Crippen LogP) is 3.85. The predicted molar refractivity (Wildman–Crippen MR) is 91.1 cm³/mol. The normalized spacial score (nSPS) is 16.7. The molecule has 0 amide bonds. The summed E-state index contributed by atoms with van der Waals surface area (Å²) in [5, 5.41) is 3.15. The van der Waals surface area contributed by atoms with E-state index in [0.717, 1.165) is 11.1 Å². The van der Waals surface area contributed by atoms with E-state index in [1.165, 1.54) is 5.56 Å². The van der Waals surface area contributed by atoms with Gasteiger partial charge in [0.15, 0.2) is 9.84 Å². The Kier molecular flexibility index (Phi) is 3.52. The lowest BCUT2D eigenvalue weighted by Gasteiger charge is -2.20. The van der Waals surface area contributed by atoms with Crippen molar-refractivity contribution in [3.63, 3.8) is 0 Å². The van der Waals surface area contributed by atoms with Crippen molar-refractivity contribution in [3.8, 4) is 11.1 Å². The average molecular weight is 315 g/mol. The first-order valence-corrected chi connectivity index (χ1v) is 9.14. The summed E-state index contributed by atoms with van der Waals surface area (Å²) < 4.78 is 24.4. The molecule has 0 saturated carbocycles. The number of nitrogens with one attached hydrogen (secondary N) is 1. The molecule has 0 radical (unpaired) electrons. The highest BCUT2D eigenvalue weighted by Crippen LogP contribution is 2.32. The van der Waals surface area contributed by atoms with Crippen molar-refractivity contribution in [1.29, 1.82) is 0 Å². The van der Waals surface area contributed by atoms with Gasteiger partial charge in [0.05, 0.1) is 16.3 Å². The maximum Gasteiger partial charge on any atom is 0.182 e. The fourth-order valence-corrected chi connectivity index (χ4v) is 4.07. The van der Waals surface area contributed by atoms with E-state index < -0.39 is 9.84 Å². The number of hydrogen-bond acceptors (Lipinski definition) is 3. The molecule has 1 N–H and O–H groups in total. The number of rotatable bonds is 1. The zero-order chi connectivity index (χ0) is 16.0. The van der Waals surface area contributed by atoms with Crippen LogP contribution in [0.4, 0.5) is 5.69 Å². The molecule has 0 saturated heterocycles. The average Bonchev–Trinajstić information content (AvgIpc) is 2.46. The fourth-order valence-electron chi connectivity index (χ4n) is 2.70. The molecule has 0 fully saturated rings. The monoisotopic (exact) mass is 315 g/mol. The molecule has 3 rings (SSSR count). The van der Waals surface area contributed by atoms with Gasteiger partial charge in [0.1, 0.15) is 0 Å². The van der Waals surface area contributed by atoms with Gasteiger partial charge in [-0.05, 0) is 34.2 Å². The number of hydrogen-bond donors (Lipinski definition) is 1. The molecule has 1 aliphatic heterocycles. The summed E-state index contributed by atoms with van der Waals surface area (Å²) in [5.74, 6) is 0.159. The van der Waals surface area contributed by atoms with Gasteiger partial charge < -0.3 is 5.32 Å². The zero-order valence-corrected chi connectivity index (χ0v) is 14.0. The molecule has 0 aromatic heterocycles.